The Labute approximate surface area is 295 Å². The molecular formula is C34H35IN4O10. The van der Waals surface area contributed by atoms with Crippen LogP contribution in [0.25, 0.3) is 0 Å². The number of hydrazone groups is 1. The van der Waals surface area contributed by atoms with Gasteiger partial charge in [0.1, 0.15) is 6.61 Å². The number of carboxylic acids is 1. The highest BCUT2D eigenvalue weighted by molar-refractivity contribution is 14.1. The van der Waals surface area contributed by atoms with Crippen molar-refractivity contribution in [3.63, 3.8) is 0 Å². The molecule has 15 heteroatoms. The number of aromatic carboxylic acids is 1. The molecule has 1 atom stereocenters. The van der Waals surface area contributed by atoms with Gasteiger partial charge >= 0.3 is 18.0 Å². The Morgan fingerprint density at radius 2 is 1.73 bits per heavy atom. The number of hydrogen-bond acceptors (Lipinski definition) is 10. The van der Waals surface area contributed by atoms with E-state index in [0.717, 1.165) is 9.13 Å². The van der Waals surface area contributed by atoms with Crippen LogP contribution in [0.15, 0.2) is 71.0 Å². The summed E-state index contributed by atoms with van der Waals surface area (Å²) in [6.45, 7) is 5.52. The highest BCUT2D eigenvalue weighted by Crippen LogP contribution is 2.36. The zero-order chi connectivity index (χ0) is 35.5. The summed E-state index contributed by atoms with van der Waals surface area (Å²) < 4.78 is 28.8. The van der Waals surface area contributed by atoms with E-state index < -0.39 is 29.9 Å². The molecule has 0 spiro atoms. The van der Waals surface area contributed by atoms with Gasteiger partial charge in [0.2, 0.25) is 0 Å². The largest absolute Gasteiger partial charge is 0.493 e. The summed E-state index contributed by atoms with van der Waals surface area (Å²) >= 11 is 2.11. The smallest absolute Gasteiger partial charge is 0.338 e. The summed E-state index contributed by atoms with van der Waals surface area (Å²) in [5.41, 5.74) is 5.21. The lowest BCUT2D eigenvalue weighted by Crippen LogP contribution is -2.45. The minimum atomic E-state index is -1.00. The summed E-state index contributed by atoms with van der Waals surface area (Å²) in [4.78, 5) is 48.5. The highest BCUT2D eigenvalue weighted by Gasteiger charge is 2.32. The Morgan fingerprint density at radius 3 is 2.41 bits per heavy atom. The number of methoxy groups -OCH3 is 1. The number of esters is 1. The second-order valence-corrected chi connectivity index (χ2v) is 11.5. The van der Waals surface area contributed by atoms with Crippen LogP contribution in [0.1, 0.15) is 53.9 Å². The third kappa shape index (κ3) is 9.62. The van der Waals surface area contributed by atoms with E-state index >= 15 is 0 Å². The van der Waals surface area contributed by atoms with Crippen LogP contribution in [0, 0.1) is 3.57 Å². The van der Waals surface area contributed by atoms with Crippen molar-refractivity contribution in [2.75, 3.05) is 26.9 Å². The first-order valence-electron chi connectivity index (χ1n) is 15.0. The van der Waals surface area contributed by atoms with Gasteiger partial charge in [-0.1, -0.05) is 18.2 Å². The van der Waals surface area contributed by atoms with Crippen LogP contribution in [-0.4, -0.2) is 62.1 Å². The molecule has 4 N–H and O–H groups in total. The number of nitrogens with zero attached hydrogens (tertiary/aromatic N) is 1. The van der Waals surface area contributed by atoms with Crippen LogP contribution in [-0.2, 0) is 20.9 Å². The number of rotatable bonds is 15. The van der Waals surface area contributed by atoms with Gasteiger partial charge in [0.05, 0.1) is 47.3 Å². The molecule has 1 heterocycles. The van der Waals surface area contributed by atoms with E-state index in [4.69, 9.17) is 28.8 Å². The Balaban J connectivity index is 1.38. The monoisotopic (exact) mass is 786 g/mol. The Bertz CT molecular complexity index is 1780. The first-order chi connectivity index (χ1) is 23.5. The maximum absolute atomic E-state index is 12.6. The van der Waals surface area contributed by atoms with Crippen LogP contribution in [0.5, 0.6) is 23.0 Å². The number of ether oxygens (including phenoxy) is 5. The van der Waals surface area contributed by atoms with E-state index in [2.05, 4.69) is 43.8 Å². The number of amides is 3. The molecule has 49 heavy (non-hydrogen) atoms. The first kappa shape index (κ1) is 36.5. The molecule has 0 radical (unpaired) electrons. The van der Waals surface area contributed by atoms with Crippen molar-refractivity contribution in [3.8, 4) is 23.0 Å². The van der Waals surface area contributed by atoms with Crippen LogP contribution in [0.2, 0.25) is 0 Å². The van der Waals surface area contributed by atoms with Gasteiger partial charge < -0.3 is 39.4 Å². The van der Waals surface area contributed by atoms with Crippen molar-refractivity contribution < 1.29 is 48.0 Å². The van der Waals surface area contributed by atoms with E-state index in [1.165, 1.54) is 25.5 Å². The van der Waals surface area contributed by atoms with Crippen molar-refractivity contribution >= 4 is 52.7 Å². The van der Waals surface area contributed by atoms with Crippen molar-refractivity contribution in [3.05, 3.63) is 91.7 Å². The Kier molecular flexibility index (Phi) is 12.8. The number of carbonyl (C=O) groups excluding carboxylic acids is 3. The fourth-order valence-corrected chi connectivity index (χ4v) is 5.51. The second-order valence-electron chi connectivity index (χ2n) is 10.3. The van der Waals surface area contributed by atoms with Gasteiger partial charge in [0, 0.05) is 5.70 Å². The zero-order valence-corrected chi connectivity index (χ0v) is 29.3. The number of carboxylic acid groups (broad SMARTS) is 1. The number of allylic oxidation sites excluding steroid dienone is 1. The summed E-state index contributed by atoms with van der Waals surface area (Å²) in [6.07, 6.45) is 1.45. The molecule has 14 nitrogen and oxygen atoms in total. The number of carbonyl (C=O) groups is 4. The fourth-order valence-electron chi connectivity index (χ4n) is 4.73. The maximum Gasteiger partial charge on any atom is 0.338 e. The van der Waals surface area contributed by atoms with E-state index in [1.807, 2.05) is 6.92 Å². The fraction of sp³-hybridized carbons (Fsp3) is 0.265. The summed E-state index contributed by atoms with van der Waals surface area (Å²) in [6, 6.07) is 13.5. The average Bonchev–Trinajstić information content (AvgIpc) is 3.07. The molecule has 0 saturated carbocycles. The lowest BCUT2D eigenvalue weighted by molar-refractivity contribution is -0.139. The Morgan fingerprint density at radius 1 is 0.980 bits per heavy atom. The van der Waals surface area contributed by atoms with Gasteiger partial charge in [0.15, 0.2) is 29.6 Å². The number of halogens is 1. The standard InChI is InChI=1S/C34H35IN4O10/c1-5-46-27-14-21(13-24(35)31(27)49-17-20-7-9-22(10-8-20)32(41)42)16-36-39-28(40)18-48-25-12-11-23(15-26(25)45-4)30-29(33(43)47-6-2)19(3)37-34(44)38-30/h7-16,30H,5-6,17-18H2,1-4H3,(H,39,40)(H,41,42)(H2,37,38,44)/b36-16-/t30-/m1/s1. The molecule has 0 aromatic heterocycles. The second kappa shape index (κ2) is 17.2. The minimum Gasteiger partial charge on any atom is -0.493 e. The molecule has 0 saturated heterocycles. The third-order valence-corrected chi connectivity index (χ3v) is 7.76. The topological polar surface area (TPSA) is 183 Å². The van der Waals surface area contributed by atoms with Crippen molar-refractivity contribution in [2.45, 2.75) is 33.4 Å². The Hall–Kier alpha value is -5.32. The summed E-state index contributed by atoms with van der Waals surface area (Å²) in [7, 11) is 1.43. The van der Waals surface area contributed by atoms with Gasteiger partial charge in [0.25, 0.3) is 5.91 Å². The lowest BCUT2D eigenvalue weighted by atomic mass is 9.95. The summed E-state index contributed by atoms with van der Waals surface area (Å²) in [5.74, 6) is -0.571. The van der Waals surface area contributed by atoms with E-state index in [-0.39, 0.29) is 42.5 Å². The lowest BCUT2D eigenvalue weighted by Gasteiger charge is -2.28. The molecule has 0 bridgehead atoms. The molecule has 4 rings (SSSR count). The predicted octanol–water partition coefficient (Wildman–Crippen LogP) is 4.70. The van der Waals surface area contributed by atoms with E-state index in [0.29, 0.717) is 34.9 Å². The van der Waals surface area contributed by atoms with E-state index in [1.54, 1.807) is 56.3 Å². The highest BCUT2D eigenvalue weighted by atomic mass is 127. The van der Waals surface area contributed by atoms with Crippen molar-refractivity contribution in [2.24, 2.45) is 5.10 Å². The molecule has 0 aliphatic carbocycles. The average molecular weight is 787 g/mol. The molecule has 3 amide bonds. The third-order valence-electron chi connectivity index (χ3n) is 6.96. The quantitative estimate of drug-likeness (QED) is 0.0730. The SMILES string of the molecule is CCOC(=O)C1=C(C)NC(=O)N[C@@H]1c1ccc(OCC(=O)N/N=C\c2cc(I)c(OCc3ccc(C(=O)O)cc3)c(OCC)c2)c(OC)c1. The molecule has 1 aliphatic heterocycles. The van der Waals surface area contributed by atoms with Gasteiger partial charge in [-0.05, 0) is 96.5 Å². The predicted molar refractivity (Wildman–Crippen MR) is 186 cm³/mol. The van der Waals surface area contributed by atoms with Crippen LogP contribution < -0.4 is 35.0 Å². The van der Waals surface area contributed by atoms with Gasteiger partial charge in [-0.25, -0.2) is 19.8 Å². The molecular weight excluding hydrogens is 751 g/mol. The van der Waals surface area contributed by atoms with Crippen molar-refractivity contribution in [1.29, 1.82) is 0 Å². The molecule has 1 aliphatic rings. The maximum atomic E-state index is 12.6. The number of hydrogen-bond donors (Lipinski definition) is 4. The number of urea groups is 1. The van der Waals surface area contributed by atoms with Gasteiger partial charge in [-0.15, -0.1) is 0 Å². The molecule has 3 aromatic carbocycles. The normalized spacial score (nSPS) is 14.1. The number of benzene rings is 3. The first-order valence-corrected chi connectivity index (χ1v) is 16.1. The van der Waals surface area contributed by atoms with Crippen molar-refractivity contribution in [1.82, 2.24) is 16.1 Å². The van der Waals surface area contributed by atoms with Gasteiger partial charge in [-0.3, -0.25) is 4.79 Å². The molecule has 0 unspecified atom stereocenters. The van der Waals surface area contributed by atoms with Crippen LogP contribution >= 0.6 is 22.6 Å². The van der Waals surface area contributed by atoms with E-state index in [9.17, 15) is 19.2 Å². The molecule has 0 fully saturated rings. The molecule has 3 aromatic rings. The summed E-state index contributed by atoms with van der Waals surface area (Å²) in [5, 5.41) is 18.5. The zero-order valence-electron chi connectivity index (χ0n) is 27.1. The molecule has 258 valence electrons. The van der Waals surface area contributed by atoms with Crippen LogP contribution in [0.3, 0.4) is 0 Å². The number of nitrogens with one attached hydrogen (secondary N) is 3. The van der Waals surface area contributed by atoms with Crippen LogP contribution in [0.4, 0.5) is 4.79 Å². The minimum absolute atomic E-state index is 0.170. The van der Waals surface area contributed by atoms with Gasteiger partial charge in [-0.2, -0.15) is 5.10 Å².